The van der Waals surface area contributed by atoms with Crippen LogP contribution in [0.4, 0.5) is 5.82 Å². The number of hydrogen-bond donors (Lipinski definition) is 2. The molecule has 2 aliphatic heterocycles. The fourth-order valence-electron chi connectivity index (χ4n) is 5.15. The molecule has 3 aliphatic rings. The fraction of sp³-hybridized carbons (Fsp3) is 0.636. The van der Waals surface area contributed by atoms with Gasteiger partial charge in [0.25, 0.3) is 0 Å². The van der Waals surface area contributed by atoms with Gasteiger partial charge in [0.15, 0.2) is 0 Å². The number of amides is 1. The summed E-state index contributed by atoms with van der Waals surface area (Å²) in [6.45, 7) is 1.22. The zero-order valence-corrected chi connectivity index (χ0v) is 16.7. The van der Waals surface area contributed by atoms with Gasteiger partial charge in [0, 0.05) is 37.0 Å². The van der Waals surface area contributed by atoms with Crippen molar-refractivity contribution in [3.63, 3.8) is 0 Å². The smallest absolute Gasteiger partial charge is 0.323 e. The number of aromatic nitrogens is 1. The van der Waals surface area contributed by atoms with E-state index in [0.29, 0.717) is 25.8 Å². The van der Waals surface area contributed by atoms with Gasteiger partial charge in [0.05, 0.1) is 0 Å². The minimum atomic E-state index is -0.966. The van der Waals surface area contributed by atoms with Gasteiger partial charge in [-0.2, -0.15) is 0 Å². The number of carbonyl (C=O) groups is 3. The number of piperidine rings is 1. The molecule has 0 spiro atoms. The molecular weight excluding hydrogens is 370 g/mol. The molecule has 4 rings (SSSR count). The Morgan fingerprint density at radius 1 is 1.24 bits per heavy atom. The Hall–Kier alpha value is -2.44. The number of ketones is 1. The molecule has 7 nitrogen and oxygen atoms in total. The maximum atomic E-state index is 12.8. The van der Waals surface area contributed by atoms with Gasteiger partial charge in [-0.15, -0.1) is 0 Å². The molecule has 29 heavy (non-hydrogen) atoms. The van der Waals surface area contributed by atoms with Crippen LogP contribution in [0.25, 0.3) is 0 Å². The van der Waals surface area contributed by atoms with Gasteiger partial charge in [0.2, 0.25) is 5.91 Å². The van der Waals surface area contributed by atoms with Gasteiger partial charge in [-0.3, -0.25) is 14.4 Å². The summed E-state index contributed by atoms with van der Waals surface area (Å²) in [6, 6.07) is 4.16. The second-order valence-corrected chi connectivity index (χ2v) is 8.63. The standard InChI is InChI=1S/C22H29N3O4/c26-19(8-6-17-5-3-14-2-1-10-23-21(14)24-17)16-4-7-18-15(12-16)9-11-25(22(18)29)13-20(27)28/h3,5,15-16,18H,1-2,4,6-13H2,(H,23,24)(H,27,28)/t15-,16?,18+/m1/s1. The molecule has 3 heterocycles. The molecule has 2 fully saturated rings. The van der Waals surface area contributed by atoms with Gasteiger partial charge < -0.3 is 15.3 Å². The minimum absolute atomic E-state index is 0.0193. The average Bonchev–Trinajstić information content (AvgIpc) is 2.73. The summed E-state index contributed by atoms with van der Waals surface area (Å²) < 4.78 is 0. The Balaban J connectivity index is 1.30. The van der Waals surface area contributed by atoms with Gasteiger partial charge in [0.1, 0.15) is 18.1 Å². The monoisotopic (exact) mass is 399 g/mol. The highest BCUT2D eigenvalue weighted by Crippen LogP contribution is 2.40. The highest BCUT2D eigenvalue weighted by atomic mass is 16.4. The molecule has 7 heteroatoms. The number of fused-ring (bicyclic) bond motifs is 2. The Bertz CT molecular complexity index is 809. The van der Waals surface area contributed by atoms with E-state index in [1.165, 1.54) is 10.5 Å². The van der Waals surface area contributed by atoms with Crippen molar-refractivity contribution >= 4 is 23.5 Å². The number of carboxylic acids is 1. The maximum absolute atomic E-state index is 12.8. The van der Waals surface area contributed by atoms with Crippen LogP contribution in [0, 0.1) is 17.8 Å². The van der Waals surface area contributed by atoms with Crippen LogP contribution in [0.2, 0.25) is 0 Å². The van der Waals surface area contributed by atoms with Crippen molar-refractivity contribution in [3.05, 3.63) is 23.4 Å². The molecule has 1 aromatic heterocycles. The molecule has 0 aromatic carbocycles. The number of aryl methyl sites for hydroxylation is 2. The largest absolute Gasteiger partial charge is 0.480 e. The summed E-state index contributed by atoms with van der Waals surface area (Å²) in [5.74, 6) is 0.351. The molecule has 1 aromatic rings. The highest BCUT2D eigenvalue weighted by molar-refractivity contribution is 5.85. The average molecular weight is 399 g/mol. The molecular formula is C22H29N3O4. The highest BCUT2D eigenvalue weighted by Gasteiger charge is 2.42. The van der Waals surface area contributed by atoms with Crippen LogP contribution in [0.3, 0.4) is 0 Å². The predicted octanol–water partition coefficient (Wildman–Crippen LogP) is 2.29. The third-order valence-electron chi connectivity index (χ3n) is 6.74. The topological polar surface area (TPSA) is 99.6 Å². The van der Waals surface area contributed by atoms with E-state index < -0.39 is 5.97 Å². The molecule has 1 saturated carbocycles. The number of carbonyl (C=O) groups excluding carboxylic acids is 2. The number of Topliss-reactive ketones (excluding diaryl/α,β-unsaturated/α-hetero) is 1. The third-order valence-corrected chi connectivity index (χ3v) is 6.74. The quantitative estimate of drug-likeness (QED) is 0.761. The van der Waals surface area contributed by atoms with Crippen molar-refractivity contribution in [1.29, 1.82) is 0 Å². The summed E-state index contributed by atoms with van der Waals surface area (Å²) in [7, 11) is 0. The summed E-state index contributed by atoms with van der Waals surface area (Å²) >= 11 is 0. The number of nitrogens with zero attached hydrogens (tertiary/aromatic N) is 2. The van der Waals surface area contributed by atoms with Crippen molar-refractivity contribution in [1.82, 2.24) is 9.88 Å². The molecule has 156 valence electrons. The lowest BCUT2D eigenvalue weighted by molar-refractivity contribution is -0.152. The molecule has 2 N–H and O–H groups in total. The summed E-state index contributed by atoms with van der Waals surface area (Å²) in [5.41, 5.74) is 2.21. The van der Waals surface area contributed by atoms with E-state index in [0.717, 1.165) is 50.2 Å². The van der Waals surface area contributed by atoms with Crippen molar-refractivity contribution in [3.8, 4) is 0 Å². The minimum Gasteiger partial charge on any atom is -0.480 e. The number of anilines is 1. The van der Waals surface area contributed by atoms with Crippen LogP contribution in [0.1, 0.15) is 49.8 Å². The van der Waals surface area contributed by atoms with Gasteiger partial charge >= 0.3 is 5.97 Å². The van der Waals surface area contributed by atoms with E-state index >= 15 is 0 Å². The number of hydrogen-bond acceptors (Lipinski definition) is 5. The van der Waals surface area contributed by atoms with E-state index in [9.17, 15) is 14.4 Å². The van der Waals surface area contributed by atoms with Crippen LogP contribution in [-0.2, 0) is 27.2 Å². The van der Waals surface area contributed by atoms with E-state index in [1.807, 2.05) is 6.07 Å². The first kappa shape index (κ1) is 19.9. The molecule has 3 atom stereocenters. The summed E-state index contributed by atoms with van der Waals surface area (Å²) in [5, 5.41) is 12.3. The number of aliphatic carboxylic acids is 1. The van der Waals surface area contributed by atoms with Crippen LogP contribution in [0.15, 0.2) is 12.1 Å². The van der Waals surface area contributed by atoms with Crippen LogP contribution in [0.5, 0.6) is 0 Å². The Labute approximate surface area is 170 Å². The molecule has 1 saturated heterocycles. The zero-order valence-electron chi connectivity index (χ0n) is 16.7. The molecule has 0 radical (unpaired) electrons. The van der Waals surface area contributed by atoms with Crippen LogP contribution in [-0.4, -0.2) is 52.3 Å². The van der Waals surface area contributed by atoms with E-state index in [1.54, 1.807) is 0 Å². The van der Waals surface area contributed by atoms with Gasteiger partial charge in [-0.25, -0.2) is 4.98 Å². The number of pyridine rings is 1. The first-order chi connectivity index (χ1) is 14.0. The normalized spacial score (nSPS) is 26.3. The lowest BCUT2D eigenvalue weighted by Crippen LogP contribution is -2.49. The Morgan fingerprint density at radius 2 is 2.10 bits per heavy atom. The van der Waals surface area contributed by atoms with E-state index in [4.69, 9.17) is 5.11 Å². The first-order valence-electron chi connectivity index (χ1n) is 10.8. The SMILES string of the molecule is O=C(O)CN1CC[C@@H]2CC(C(=O)CCc3ccc4c(n3)NCCC4)CC[C@@H]2C1=O. The molecule has 1 amide bonds. The van der Waals surface area contributed by atoms with E-state index in [-0.39, 0.29) is 36.0 Å². The zero-order chi connectivity index (χ0) is 20.4. The number of carboxylic acid groups (broad SMARTS) is 1. The van der Waals surface area contributed by atoms with Crippen molar-refractivity contribution < 1.29 is 19.5 Å². The van der Waals surface area contributed by atoms with Crippen LogP contribution >= 0.6 is 0 Å². The van der Waals surface area contributed by atoms with Crippen molar-refractivity contribution in [2.45, 2.75) is 51.4 Å². The molecule has 1 aliphatic carbocycles. The number of nitrogens with one attached hydrogen (secondary N) is 1. The molecule has 0 bridgehead atoms. The van der Waals surface area contributed by atoms with Crippen LogP contribution < -0.4 is 5.32 Å². The summed E-state index contributed by atoms with van der Waals surface area (Å²) in [6.07, 6.45) is 6.31. The van der Waals surface area contributed by atoms with Crippen molar-refractivity contribution in [2.24, 2.45) is 17.8 Å². The number of rotatable bonds is 6. The number of likely N-dealkylation sites (tertiary alicyclic amines) is 1. The lowest BCUT2D eigenvalue weighted by atomic mass is 9.69. The van der Waals surface area contributed by atoms with Crippen molar-refractivity contribution in [2.75, 3.05) is 25.0 Å². The Morgan fingerprint density at radius 3 is 2.93 bits per heavy atom. The predicted molar refractivity (Wildman–Crippen MR) is 108 cm³/mol. The van der Waals surface area contributed by atoms with Gasteiger partial charge in [-0.05, 0) is 62.5 Å². The molecule has 1 unspecified atom stereocenters. The maximum Gasteiger partial charge on any atom is 0.323 e. The Kier molecular flexibility index (Phi) is 5.83. The second kappa shape index (κ2) is 8.51. The first-order valence-corrected chi connectivity index (χ1v) is 10.8. The van der Waals surface area contributed by atoms with E-state index in [2.05, 4.69) is 16.4 Å². The third kappa shape index (κ3) is 4.43. The lowest BCUT2D eigenvalue weighted by Gasteiger charge is -2.42. The fourth-order valence-corrected chi connectivity index (χ4v) is 5.15. The second-order valence-electron chi connectivity index (χ2n) is 8.63. The summed E-state index contributed by atoms with van der Waals surface area (Å²) in [4.78, 5) is 42.4. The van der Waals surface area contributed by atoms with Gasteiger partial charge in [-0.1, -0.05) is 6.07 Å².